The Hall–Kier alpha value is -0.840. The predicted molar refractivity (Wildman–Crippen MR) is 58.6 cm³/mol. The monoisotopic (exact) mass is 232 g/mol. The van der Waals surface area contributed by atoms with Crippen LogP contribution in [-0.4, -0.2) is 13.2 Å². The molecule has 1 unspecified atom stereocenters. The van der Waals surface area contributed by atoms with Gasteiger partial charge in [-0.3, -0.25) is 0 Å². The van der Waals surface area contributed by atoms with Crippen LogP contribution in [0.4, 0.5) is 4.39 Å². The SMILES string of the molecule is CCOc1cc(F)c(C(N)CN)cc1Cl. The Labute approximate surface area is 93.2 Å². The topological polar surface area (TPSA) is 61.3 Å². The molecule has 0 aliphatic heterocycles. The largest absolute Gasteiger partial charge is 0.492 e. The fourth-order valence-corrected chi connectivity index (χ4v) is 1.45. The normalized spacial score (nSPS) is 12.6. The van der Waals surface area contributed by atoms with Gasteiger partial charge in [-0.2, -0.15) is 0 Å². The molecule has 3 nitrogen and oxygen atoms in total. The van der Waals surface area contributed by atoms with Crippen LogP contribution >= 0.6 is 11.6 Å². The van der Waals surface area contributed by atoms with Gasteiger partial charge in [-0.15, -0.1) is 0 Å². The maximum absolute atomic E-state index is 13.5. The van der Waals surface area contributed by atoms with Crippen LogP contribution in [0.3, 0.4) is 0 Å². The summed E-state index contributed by atoms with van der Waals surface area (Å²) < 4.78 is 18.7. The number of ether oxygens (including phenoxy) is 1. The first-order valence-corrected chi connectivity index (χ1v) is 5.05. The molecule has 0 fully saturated rings. The van der Waals surface area contributed by atoms with E-state index < -0.39 is 11.9 Å². The minimum absolute atomic E-state index is 0.168. The zero-order chi connectivity index (χ0) is 11.4. The second kappa shape index (κ2) is 5.30. The Bertz CT molecular complexity index is 346. The first-order chi connectivity index (χ1) is 7.10. The molecule has 5 heteroatoms. The van der Waals surface area contributed by atoms with Crippen molar-refractivity contribution in [2.45, 2.75) is 13.0 Å². The number of benzene rings is 1. The lowest BCUT2D eigenvalue weighted by Crippen LogP contribution is -2.21. The summed E-state index contributed by atoms with van der Waals surface area (Å²) in [5.41, 5.74) is 11.3. The molecule has 4 N–H and O–H groups in total. The lowest BCUT2D eigenvalue weighted by atomic mass is 10.1. The van der Waals surface area contributed by atoms with Crippen LogP contribution in [0.1, 0.15) is 18.5 Å². The van der Waals surface area contributed by atoms with E-state index in [9.17, 15) is 4.39 Å². The van der Waals surface area contributed by atoms with E-state index in [0.29, 0.717) is 22.9 Å². The Balaban J connectivity index is 3.07. The van der Waals surface area contributed by atoms with Crippen molar-refractivity contribution in [1.29, 1.82) is 0 Å². The van der Waals surface area contributed by atoms with Crippen molar-refractivity contribution in [3.8, 4) is 5.75 Å². The molecular formula is C10H14ClFN2O. The number of hydrogen-bond acceptors (Lipinski definition) is 3. The van der Waals surface area contributed by atoms with E-state index in [4.69, 9.17) is 27.8 Å². The molecular weight excluding hydrogens is 219 g/mol. The highest BCUT2D eigenvalue weighted by atomic mass is 35.5. The van der Waals surface area contributed by atoms with E-state index in [-0.39, 0.29) is 6.54 Å². The van der Waals surface area contributed by atoms with Crippen molar-refractivity contribution in [3.63, 3.8) is 0 Å². The third kappa shape index (κ3) is 2.81. The van der Waals surface area contributed by atoms with Gasteiger partial charge in [0.1, 0.15) is 11.6 Å². The summed E-state index contributed by atoms with van der Waals surface area (Å²) in [5.74, 6) is -0.120. The molecule has 0 spiro atoms. The minimum atomic E-state index is -0.543. The van der Waals surface area contributed by atoms with Crippen molar-refractivity contribution in [3.05, 3.63) is 28.5 Å². The smallest absolute Gasteiger partial charge is 0.140 e. The summed E-state index contributed by atoms with van der Waals surface area (Å²) in [6, 6.07) is 2.15. The van der Waals surface area contributed by atoms with Crippen molar-refractivity contribution >= 4 is 11.6 Å². The molecule has 0 amide bonds. The molecule has 0 saturated carbocycles. The Morgan fingerprint density at radius 1 is 1.53 bits per heavy atom. The molecule has 1 rings (SSSR count). The van der Waals surface area contributed by atoms with Gasteiger partial charge in [0.2, 0.25) is 0 Å². The van der Waals surface area contributed by atoms with E-state index in [1.165, 1.54) is 12.1 Å². The second-order valence-corrected chi connectivity index (χ2v) is 3.49. The molecule has 0 heterocycles. The summed E-state index contributed by atoms with van der Waals surface area (Å²) in [6.07, 6.45) is 0. The summed E-state index contributed by atoms with van der Waals surface area (Å²) in [6.45, 7) is 2.40. The fraction of sp³-hybridized carbons (Fsp3) is 0.400. The number of halogens is 2. The first kappa shape index (κ1) is 12.2. The maximum atomic E-state index is 13.5. The van der Waals surface area contributed by atoms with Crippen LogP contribution in [0.2, 0.25) is 5.02 Å². The number of hydrogen-bond donors (Lipinski definition) is 2. The number of rotatable bonds is 4. The molecule has 84 valence electrons. The zero-order valence-electron chi connectivity index (χ0n) is 8.47. The van der Waals surface area contributed by atoms with Gasteiger partial charge < -0.3 is 16.2 Å². The highest BCUT2D eigenvalue weighted by Gasteiger charge is 2.14. The van der Waals surface area contributed by atoms with Gasteiger partial charge in [-0.25, -0.2) is 4.39 Å². The van der Waals surface area contributed by atoms with Crippen molar-refractivity contribution < 1.29 is 9.13 Å². The predicted octanol–water partition coefficient (Wildman–Crippen LogP) is 1.84. The lowest BCUT2D eigenvalue weighted by Gasteiger charge is -2.13. The van der Waals surface area contributed by atoms with Crippen LogP contribution in [0.25, 0.3) is 0 Å². The number of nitrogens with two attached hydrogens (primary N) is 2. The third-order valence-corrected chi connectivity index (χ3v) is 2.30. The molecule has 1 aromatic rings. The highest BCUT2D eigenvalue weighted by molar-refractivity contribution is 6.32. The average Bonchev–Trinajstić information content (AvgIpc) is 2.22. The third-order valence-electron chi connectivity index (χ3n) is 2.00. The molecule has 0 aliphatic carbocycles. The molecule has 0 radical (unpaired) electrons. The Morgan fingerprint density at radius 2 is 2.20 bits per heavy atom. The molecule has 1 aromatic carbocycles. The summed E-state index contributed by atoms with van der Waals surface area (Å²) >= 11 is 5.89. The van der Waals surface area contributed by atoms with Crippen LogP contribution in [-0.2, 0) is 0 Å². The Kier molecular flexibility index (Phi) is 4.32. The van der Waals surface area contributed by atoms with E-state index >= 15 is 0 Å². The molecule has 0 bridgehead atoms. The van der Waals surface area contributed by atoms with Gasteiger partial charge in [-0.05, 0) is 13.0 Å². The molecule has 0 aliphatic rings. The summed E-state index contributed by atoms with van der Waals surface area (Å²) in [7, 11) is 0. The lowest BCUT2D eigenvalue weighted by molar-refractivity contribution is 0.338. The zero-order valence-corrected chi connectivity index (χ0v) is 9.22. The van der Waals surface area contributed by atoms with Gasteiger partial charge in [-0.1, -0.05) is 11.6 Å². The van der Waals surface area contributed by atoms with Crippen LogP contribution < -0.4 is 16.2 Å². The van der Waals surface area contributed by atoms with E-state index in [0.717, 1.165) is 0 Å². The molecule has 1 atom stereocenters. The highest BCUT2D eigenvalue weighted by Crippen LogP contribution is 2.29. The van der Waals surface area contributed by atoms with Crippen LogP contribution in [0, 0.1) is 5.82 Å². The van der Waals surface area contributed by atoms with Crippen LogP contribution in [0.5, 0.6) is 5.75 Å². The van der Waals surface area contributed by atoms with Gasteiger partial charge in [0.05, 0.1) is 11.6 Å². The van der Waals surface area contributed by atoms with Crippen molar-refractivity contribution in [1.82, 2.24) is 0 Å². The van der Waals surface area contributed by atoms with Gasteiger partial charge in [0.15, 0.2) is 0 Å². The van der Waals surface area contributed by atoms with Gasteiger partial charge in [0.25, 0.3) is 0 Å². The molecule has 0 saturated heterocycles. The average molecular weight is 233 g/mol. The van der Waals surface area contributed by atoms with E-state index in [2.05, 4.69) is 0 Å². The molecule has 15 heavy (non-hydrogen) atoms. The fourth-order valence-electron chi connectivity index (χ4n) is 1.22. The minimum Gasteiger partial charge on any atom is -0.492 e. The van der Waals surface area contributed by atoms with Gasteiger partial charge in [0, 0.05) is 24.2 Å². The maximum Gasteiger partial charge on any atom is 0.140 e. The Morgan fingerprint density at radius 3 is 2.73 bits per heavy atom. The van der Waals surface area contributed by atoms with Crippen molar-refractivity contribution in [2.24, 2.45) is 11.5 Å². The van der Waals surface area contributed by atoms with Crippen LogP contribution in [0.15, 0.2) is 12.1 Å². The molecule has 0 aromatic heterocycles. The quantitative estimate of drug-likeness (QED) is 0.833. The van der Waals surface area contributed by atoms with E-state index in [1.54, 1.807) is 6.92 Å². The van der Waals surface area contributed by atoms with Gasteiger partial charge >= 0.3 is 0 Å². The second-order valence-electron chi connectivity index (χ2n) is 3.08. The standard InChI is InChI=1S/C10H14ClFN2O/c1-2-15-10-4-8(12)6(3-7(10)11)9(14)5-13/h3-4,9H,2,5,13-14H2,1H3. The van der Waals surface area contributed by atoms with E-state index in [1.807, 2.05) is 0 Å². The first-order valence-electron chi connectivity index (χ1n) is 4.67. The summed E-state index contributed by atoms with van der Waals surface area (Å²) in [4.78, 5) is 0. The summed E-state index contributed by atoms with van der Waals surface area (Å²) in [5, 5.41) is 0.345. The van der Waals surface area contributed by atoms with Crippen molar-refractivity contribution in [2.75, 3.05) is 13.2 Å².